The van der Waals surface area contributed by atoms with Gasteiger partial charge in [-0.1, -0.05) is 47.1 Å². The molecule has 0 bridgehead atoms. The Kier molecular flexibility index (Phi) is 7.96. The third-order valence-corrected chi connectivity index (χ3v) is 10.2. The Bertz CT molecular complexity index is 600. The normalized spacial score (nSPS) is 41.8. The zero-order valence-electron chi connectivity index (χ0n) is 22.2. The van der Waals surface area contributed by atoms with Gasteiger partial charge in [0.2, 0.25) is 0 Å². The van der Waals surface area contributed by atoms with Crippen molar-refractivity contribution < 1.29 is 4.74 Å². The Morgan fingerprint density at radius 3 is 2.29 bits per heavy atom. The van der Waals surface area contributed by atoms with Gasteiger partial charge in [-0.25, -0.2) is 0 Å². The molecule has 0 aromatic heterocycles. The van der Waals surface area contributed by atoms with E-state index in [4.69, 9.17) is 4.74 Å². The molecule has 0 N–H and O–H groups in total. The lowest BCUT2D eigenvalue weighted by Gasteiger charge is -2.60. The van der Waals surface area contributed by atoms with Crippen LogP contribution in [0, 0.1) is 40.4 Å². The summed E-state index contributed by atoms with van der Waals surface area (Å²) in [7, 11) is 0. The lowest BCUT2D eigenvalue weighted by Crippen LogP contribution is -2.52. The third kappa shape index (κ3) is 5.06. The zero-order chi connectivity index (χ0) is 22.9. The Balaban J connectivity index is 0.00000132. The van der Waals surface area contributed by atoms with Gasteiger partial charge in [-0.05, 0) is 125 Å². The van der Waals surface area contributed by atoms with E-state index in [0.717, 1.165) is 41.8 Å². The molecule has 0 spiro atoms. The number of allylic oxidation sites excluding steroid dienone is 1. The first-order chi connectivity index (χ1) is 14.6. The highest BCUT2D eigenvalue weighted by Gasteiger charge is 2.59. The van der Waals surface area contributed by atoms with Crippen molar-refractivity contribution in [3.63, 3.8) is 0 Å². The van der Waals surface area contributed by atoms with E-state index >= 15 is 0 Å². The fraction of sp³-hybridized carbons (Fsp3) is 0.933. The molecule has 0 aliphatic heterocycles. The van der Waals surface area contributed by atoms with Gasteiger partial charge in [0.1, 0.15) is 5.60 Å². The highest BCUT2D eigenvalue weighted by molar-refractivity contribution is 5.08. The van der Waals surface area contributed by atoms with Crippen molar-refractivity contribution in [2.24, 2.45) is 40.4 Å². The first-order valence-electron chi connectivity index (χ1n) is 14.0. The van der Waals surface area contributed by atoms with Crippen molar-refractivity contribution in [2.75, 3.05) is 0 Å². The number of fused-ring (bicyclic) bond motifs is 5. The summed E-state index contributed by atoms with van der Waals surface area (Å²) in [5, 5.41) is 0. The molecule has 1 heteroatoms. The van der Waals surface area contributed by atoms with Crippen LogP contribution in [0.1, 0.15) is 132 Å². The smallest absolute Gasteiger partial charge is 0.100 e. The van der Waals surface area contributed by atoms with Crippen LogP contribution in [0.3, 0.4) is 0 Å². The molecule has 0 heterocycles. The van der Waals surface area contributed by atoms with Crippen LogP contribution >= 0.6 is 0 Å². The highest BCUT2D eigenvalue weighted by Crippen LogP contribution is 2.67. The van der Waals surface area contributed by atoms with Gasteiger partial charge in [0.05, 0.1) is 5.76 Å². The molecule has 1 nitrogen and oxygen atoms in total. The summed E-state index contributed by atoms with van der Waals surface area (Å²) < 4.78 is 5.97. The maximum atomic E-state index is 5.97. The van der Waals surface area contributed by atoms with Crippen molar-refractivity contribution in [1.82, 2.24) is 0 Å². The number of rotatable bonds is 5. The van der Waals surface area contributed by atoms with Crippen LogP contribution < -0.4 is 0 Å². The van der Waals surface area contributed by atoms with E-state index < -0.39 is 0 Å². The molecule has 180 valence electrons. The minimum atomic E-state index is -0.103. The summed E-state index contributed by atoms with van der Waals surface area (Å²) in [4.78, 5) is 0. The van der Waals surface area contributed by atoms with Crippen LogP contribution in [0.25, 0.3) is 0 Å². The predicted molar refractivity (Wildman–Crippen MR) is 135 cm³/mol. The van der Waals surface area contributed by atoms with Gasteiger partial charge in [0.25, 0.3) is 0 Å². The topological polar surface area (TPSA) is 9.23 Å². The molecule has 4 saturated carbocycles. The molecule has 0 aromatic rings. The van der Waals surface area contributed by atoms with Crippen molar-refractivity contribution in [3.8, 4) is 0 Å². The molecule has 31 heavy (non-hydrogen) atoms. The van der Waals surface area contributed by atoms with E-state index in [1.54, 1.807) is 12.8 Å². The minimum Gasteiger partial charge on any atom is -0.493 e. The molecular weight excluding hydrogens is 376 g/mol. The minimum absolute atomic E-state index is 0.103. The maximum Gasteiger partial charge on any atom is 0.100 e. The molecule has 4 rings (SSSR count). The van der Waals surface area contributed by atoms with Gasteiger partial charge in [-0.15, -0.1) is 0 Å². The van der Waals surface area contributed by atoms with Crippen LogP contribution in [0.4, 0.5) is 0 Å². The Labute approximate surface area is 195 Å². The maximum absolute atomic E-state index is 5.97. The van der Waals surface area contributed by atoms with Crippen molar-refractivity contribution in [2.45, 2.75) is 138 Å². The number of ether oxygens (including phenoxy) is 1. The van der Waals surface area contributed by atoms with Crippen molar-refractivity contribution >= 4 is 0 Å². The average molecular weight is 431 g/mol. The van der Waals surface area contributed by atoms with Gasteiger partial charge in [0.15, 0.2) is 0 Å². The lowest BCUT2D eigenvalue weighted by atomic mass is 9.45. The van der Waals surface area contributed by atoms with Crippen LogP contribution in [-0.2, 0) is 4.74 Å². The second kappa shape index (κ2) is 9.80. The Morgan fingerprint density at radius 1 is 0.871 bits per heavy atom. The third-order valence-electron chi connectivity index (χ3n) is 10.2. The molecular formula is C30H54O. The van der Waals surface area contributed by atoms with Crippen LogP contribution in [0.15, 0.2) is 12.3 Å². The quantitative estimate of drug-likeness (QED) is 0.394. The van der Waals surface area contributed by atoms with Crippen molar-refractivity contribution in [1.29, 1.82) is 0 Å². The van der Waals surface area contributed by atoms with Crippen LogP contribution in [-0.4, -0.2) is 5.60 Å². The van der Waals surface area contributed by atoms with Crippen molar-refractivity contribution in [3.05, 3.63) is 12.3 Å². The summed E-state index contributed by atoms with van der Waals surface area (Å²) in [5.74, 6) is 6.07. The largest absolute Gasteiger partial charge is 0.493 e. The lowest BCUT2D eigenvalue weighted by molar-refractivity contribution is -0.111. The van der Waals surface area contributed by atoms with E-state index in [9.17, 15) is 0 Å². The standard InChI is InChI=1S/C28H48O.C2H6/c1-20(29-26(2,3)4)10-9-12-22-14-16-24-23-15-13-21-11-7-8-18-27(21,5)25(23)17-19-28(22,24)6;1-2/h21-25H,1,7-19H2,2-6H3;1-2H3. The first kappa shape index (κ1) is 25.2. The number of hydrogen-bond acceptors (Lipinski definition) is 1. The van der Waals surface area contributed by atoms with Crippen LogP contribution in [0.2, 0.25) is 0 Å². The summed E-state index contributed by atoms with van der Waals surface area (Å²) >= 11 is 0. The molecule has 4 aliphatic rings. The second-order valence-corrected chi connectivity index (χ2v) is 12.9. The average Bonchev–Trinajstić information content (AvgIpc) is 3.04. The summed E-state index contributed by atoms with van der Waals surface area (Å²) in [5.41, 5.74) is 1.20. The van der Waals surface area contributed by atoms with E-state index in [1.807, 2.05) is 13.8 Å². The molecule has 0 saturated heterocycles. The molecule has 0 amide bonds. The van der Waals surface area contributed by atoms with Gasteiger partial charge in [-0.3, -0.25) is 0 Å². The molecule has 0 aromatic carbocycles. The fourth-order valence-corrected chi connectivity index (χ4v) is 8.91. The van der Waals surface area contributed by atoms with Gasteiger partial charge in [0, 0.05) is 6.42 Å². The van der Waals surface area contributed by atoms with Gasteiger partial charge in [-0.2, -0.15) is 0 Å². The SMILES string of the molecule is C=C(CCCC1CCC2C3CCC4CCCCC4(C)C3CCC12C)OC(C)(C)C.CC. The summed E-state index contributed by atoms with van der Waals surface area (Å²) in [6.45, 7) is 20.0. The fourth-order valence-electron chi connectivity index (χ4n) is 8.91. The molecule has 7 atom stereocenters. The Morgan fingerprint density at radius 2 is 1.58 bits per heavy atom. The summed E-state index contributed by atoms with van der Waals surface area (Å²) in [6, 6.07) is 0. The molecule has 7 unspecified atom stereocenters. The number of hydrogen-bond donors (Lipinski definition) is 0. The van der Waals surface area contributed by atoms with Crippen LogP contribution in [0.5, 0.6) is 0 Å². The van der Waals surface area contributed by atoms with Gasteiger partial charge >= 0.3 is 0 Å². The monoisotopic (exact) mass is 430 g/mol. The Hall–Kier alpha value is -0.460. The van der Waals surface area contributed by atoms with E-state index in [-0.39, 0.29) is 5.60 Å². The highest BCUT2D eigenvalue weighted by atomic mass is 16.5. The molecule has 0 radical (unpaired) electrons. The predicted octanol–water partition coefficient (Wildman–Crippen LogP) is 9.56. The summed E-state index contributed by atoms with van der Waals surface area (Å²) in [6.07, 6.45) is 18.9. The van der Waals surface area contributed by atoms with E-state index in [2.05, 4.69) is 41.2 Å². The second-order valence-electron chi connectivity index (χ2n) is 12.9. The first-order valence-corrected chi connectivity index (χ1v) is 14.0. The van der Waals surface area contributed by atoms with E-state index in [1.165, 1.54) is 64.2 Å². The van der Waals surface area contributed by atoms with Gasteiger partial charge < -0.3 is 4.74 Å². The van der Waals surface area contributed by atoms with E-state index in [0.29, 0.717) is 10.8 Å². The zero-order valence-corrected chi connectivity index (χ0v) is 22.2. The molecule has 4 fully saturated rings. The molecule has 4 aliphatic carbocycles.